The van der Waals surface area contributed by atoms with Crippen molar-refractivity contribution in [2.75, 3.05) is 20.4 Å². The SMILES string of the molecule is CSc1n[nH]c(/N=N/N(C)C)c1C(N)=O. The maximum absolute atomic E-state index is 11.1. The van der Waals surface area contributed by atoms with Gasteiger partial charge < -0.3 is 5.73 Å². The lowest BCUT2D eigenvalue weighted by Crippen LogP contribution is -2.11. The molecule has 3 N–H and O–H groups in total. The van der Waals surface area contributed by atoms with Crippen LogP contribution in [0.5, 0.6) is 0 Å². The van der Waals surface area contributed by atoms with Crippen molar-refractivity contribution in [2.45, 2.75) is 5.03 Å². The Morgan fingerprint density at radius 3 is 2.73 bits per heavy atom. The number of H-pyrrole nitrogens is 1. The first-order valence-electron chi connectivity index (χ1n) is 4.07. The predicted octanol–water partition coefficient (Wildman–Crippen LogP) is 0.791. The number of nitrogens with two attached hydrogens (primary N) is 1. The number of hydrogen-bond acceptors (Lipinski definition) is 5. The number of nitrogens with one attached hydrogen (secondary N) is 1. The summed E-state index contributed by atoms with van der Waals surface area (Å²) in [7, 11) is 3.44. The lowest BCUT2D eigenvalue weighted by molar-refractivity contribution is 0.0998. The average Bonchev–Trinajstić information content (AvgIpc) is 2.57. The van der Waals surface area contributed by atoms with Gasteiger partial charge in [0.25, 0.3) is 5.91 Å². The number of hydrogen-bond donors (Lipinski definition) is 2. The van der Waals surface area contributed by atoms with Crippen molar-refractivity contribution < 1.29 is 4.79 Å². The quantitative estimate of drug-likeness (QED) is 0.452. The third-order valence-corrected chi connectivity index (χ3v) is 2.16. The van der Waals surface area contributed by atoms with Crippen LogP contribution in [0.25, 0.3) is 0 Å². The van der Waals surface area contributed by atoms with Gasteiger partial charge in [-0.3, -0.25) is 14.9 Å². The van der Waals surface area contributed by atoms with Crippen LogP contribution in [0.2, 0.25) is 0 Å². The average molecular weight is 228 g/mol. The van der Waals surface area contributed by atoms with Crippen molar-refractivity contribution in [1.82, 2.24) is 15.2 Å². The molecule has 1 rings (SSSR count). The van der Waals surface area contributed by atoms with Crippen molar-refractivity contribution in [3.05, 3.63) is 5.56 Å². The van der Waals surface area contributed by atoms with E-state index in [4.69, 9.17) is 5.73 Å². The van der Waals surface area contributed by atoms with Crippen molar-refractivity contribution in [3.63, 3.8) is 0 Å². The van der Waals surface area contributed by atoms with Crippen molar-refractivity contribution in [1.29, 1.82) is 0 Å². The summed E-state index contributed by atoms with van der Waals surface area (Å²) in [6.07, 6.45) is 1.80. The Bertz CT molecular complexity index is 385. The van der Waals surface area contributed by atoms with Gasteiger partial charge in [-0.2, -0.15) is 5.10 Å². The topological polar surface area (TPSA) is 99.7 Å². The van der Waals surface area contributed by atoms with Crippen LogP contribution < -0.4 is 5.73 Å². The van der Waals surface area contributed by atoms with Crippen molar-refractivity contribution in [3.8, 4) is 0 Å². The summed E-state index contributed by atoms with van der Waals surface area (Å²) in [5.41, 5.74) is 5.49. The summed E-state index contributed by atoms with van der Waals surface area (Å²) < 4.78 is 0. The maximum Gasteiger partial charge on any atom is 0.255 e. The summed E-state index contributed by atoms with van der Waals surface area (Å²) in [4.78, 5) is 11.1. The molecule has 1 aromatic rings. The summed E-state index contributed by atoms with van der Waals surface area (Å²) in [6.45, 7) is 0. The minimum atomic E-state index is -0.569. The number of primary amides is 1. The van der Waals surface area contributed by atoms with E-state index in [1.807, 2.05) is 0 Å². The fourth-order valence-electron chi connectivity index (χ4n) is 0.893. The van der Waals surface area contributed by atoms with Crippen LogP contribution in [0.1, 0.15) is 10.4 Å². The second kappa shape index (κ2) is 4.78. The molecule has 1 aromatic heterocycles. The Morgan fingerprint density at radius 1 is 1.60 bits per heavy atom. The molecule has 1 heterocycles. The smallest absolute Gasteiger partial charge is 0.255 e. The van der Waals surface area contributed by atoms with Crippen molar-refractivity contribution >= 4 is 23.5 Å². The third kappa shape index (κ3) is 2.69. The number of carbonyl (C=O) groups is 1. The molecule has 1 amide bonds. The van der Waals surface area contributed by atoms with Crippen LogP contribution in [-0.2, 0) is 0 Å². The molecule has 8 heteroatoms. The number of rotatable bonds is 4. The molecule has 0 aromatic carbocycles. The number of aromatic nitrogens is 2. The van der Waals surface area contributed by atoms with Gasteiger partial charge in [0.2, 0.25) is 0 Å². The molecule has 0 radical (unpaired) electrons. The van der Waals surface area contributed by atoms with Crippen LogP contribution >= 0.6 is 11.8 Å². The fourth-order valence-corrected chi connectivity index (χ4v) is 1.43. The van der Waals surface area contributed by atoms with Gasteiger partial charge in [0, 0.05) is 14.1 Å². The Labute approximate surface area is 91.1 Å². The lowest BCUT2D eigenvalue weighted by atomic mass is 10.3. The minimum absolute atomic E-state index is 0.271. The Kier molecular flexibility index (Phi) is 3.67. The molecule has 0 aliphatic heterocycles. The van der Waals surface area contributed by atoms with Crippen LogP contribution in [-0.4, -0.2) is 41.5 Å². The summed E-state index contributed by atoms with van der Waals surface area (Å²) in [5, 5.41) is 16.1. The Balaban J connectivity index is 3.08. The number of amides is 1. The normalized spacial score (nSPS) is 10.9. The van der Waals surface area contributed by atoms with Crippen LogP contribution in [0.15, 0.2) is 15.4 Å². The molecule has 0 unspecified atom stereocenters. The van der Waals surface area contributed by atoms with Gasteiger partial charge in [-0.05, 0) is 6.26 Å². The first kappa shape index (κ1) is 11.5. The van der Waals surface area contributed by atoms with Gasteiger partial charge in [-0.15, -0.1) is 16.9 Å². The highest BCUT2D eigenvalue weighted by atomic mass is 32.2. The monoisotopic (exact) mass is 228 g/mol. The molecule has 0 aliphatic rings. The highest BCUT2D eigenvalue weighted by Gasteiger charge is 2.17. The predicted molar refractivity (Wildman–Crippen MR) is 57.1 cm³/mol. The minimum Gasteiger partial charge on any atom is -0.365 e. The Morgan fingerprint density at radius 2 is 2.27 bits per heavy atom. The van der Waals surface area contributed by atoms with Gasteiger partial charge in [0.15, 0.2) is 5.82 Å². The third-order valence-electron chi connectivity index (χ3n) is 1.48. The molecule has 15 heavy (non-hydrogen) atoms. The number of thioether (sulfide) groups is 1. The highest BCUT2D eigenvalue weighted by Crippen LogP contribution is 2.25. The number of nitrogens with zero attached hydrogens (tertiary/aromatic N) is 4. The summed E-state index contributed by atoms with van der Waals surface area (Å²) in [5.74, 6) is -0.290. The van der Waals surface area contributed by atoms with Crippen molar-refractivity contribution in [2.24, 2.45) is 16.1 Å². The number of aromatic amines is 1. The zero-order valence-electron chi connectivity index (χ0n) is 8.68. The molecule has 0 atom stereocenters. The highest BCUT2D eigenvalue weighted by molar-refractivity contribution is 7.98. The lowest BCUT2D eigenvalue weighted by Gasteiger charge is -1.99. The van der Waals surface area contributed by atoms with Crippen LogP contribution in [0.4, 0.5) is 5.82 Å². The zero-order chi connectivity index (χ0) is 11.4. The van der Waals surface area contributed by atoms with E-state index in [-0.39, 0.29) is 11.4 Å². The molecule has 0 saturated carbocycles. The molecular formula is C7H12N6OS. The molecular weight excluding hydrogens is 216 g/mol. The molecule has 7 nitrogen and oxygen atoms in total. The Hall–Kier alpha value is -1.57. The number of carbonyl (C=O) groups excluding carboxylic acids is 1. The van der Waals surface area contributed by atoms with E-state index >= 15 is 0 Å². The summed E-state index contributed by atoms with van der Waals surface area (Å²) in [6, 6.07) is 0. The molecule has 0 saturated heterocycles. The van der Waals surface area contributed by atoms with Crippen LogP contribution in [0.3, 0.4) is 0 Å². The molecule has 0 bridgehead atoms. The van der Waals surface area contributed by atoms with Gasteiger partial charge in [-0.25, -0.2) is 0 Å². The van der Waals surface area contributed by atoms with Gasteiger partial charge in [-0.1, -0.05) is 5.22 Å². The maximum atomic E-state index is 11.1. The second-order valence-corrected chi connectivity index (χ2v) is 3.65. The second-order valence-electron chi connectivity index (χ2n) is 2.86. The standard InChI is InChI=1S/C7H12N6OS/c1-13(2)12-10-6-4(5(8)14)7(15-3)11-9-6/h1-3H3,(H2,8,14)(H,9,11)/b12-10+. The first-order valence-corrected chi connectivity index (χ1v) is 5.30. The van der Waals surface area contributed by atoms with E-state index in [0.29, 0.717) is 5.03 Å². The molecule has 0 aliphatic carbocycles. The van der Waals surface area contributed by atoms with E-state index < -0.39 is 5.91 Å². The van der Waals surface area contributed by atoms with Gasteiger partial charge in [0.05, 0.1) is 0 Å². The van der Waals surface area contributed by atoms with E-state index in [0.717, 1.165) is 0 Å². The summed E-state index contributed by atoms with van der Waals surface area (Å²) >= 11 is 1.32. The van der Waals surface area contributed by atoms with E-state index in [9.17, 15) is 4.79 Å². The molecule has 0 spiro atoms. The largest absolute Gasteiger partial charge is 0.365 e. The zero-order valence-corrected chi connectivity index (χ0v) is 9.50. The fraction of sp³-hybridized carbons (Fsp3) is 0.429. The van der Waals surface area contributed by atoms with E-state index in [1.165, 1.54) is 16.8 Å². The van der Waals surface area contributed by atoms with Gasteiger partial charge >= 0.3 is 0 Å². The molecule has 82 valence electrons. The van der Waals surface area contributed by atoms with E-state index in [2.05, 4.69) is 20.5 Å². The molecule has 0 fully saturated rings. The van der Waals surface area contributed by atoms with E-state index in [1.54, 1.807) is 20.4 Å². The van der Waals surface area contributed by atoms with Crippen LogP contribution in [0, 0.1) is 0 Å². The van der Waals surface area contributed by atoms with Gasteiger partial charge in [0.1, 0.15) is 10.6 Å². The first-order chi connectivity index (χ1) is 7.06.